The predicted molar refractivity (Wildman–Crippen MR) is 156 cm³/mol. The van der Waals surface area contributed by atoms with E-state index in [1.165, 1.54) is 160 Å². The lowest BCUT2D eigenvalue weighted by atomic mass is 9.92. The highest BCUT2D eigenvalue weighted by atomic mass is 15.1. The number of hydrogen-bond donors (Lipinski definition) is 1. The normalized spacial score (nSPS) is 13.4. The van der Waals surface area contributed by atoms with Gasteiger partial charge in [-0.05, 0) is 32.6 Å². The molecule has 0 saturated heterocycles. The maximum Gasteiger partial charge on any atom is 0.257 e. The molecule has 1 rings (SSSR count). The fourth-order valence-corrected chi connectivity index (χ4v) is 5.71. The molecule has 1 aromatic heterocycles. The molecule has 1 N–H and O–H groups in total. The fraction of sp³-hybridized carbons (Fsp3) is 0.909. The molecule has 0 radical (unpaired) electrons. The zero-order chi connectivity index (χ0) is 25.4. The van der Waals surface area contributed by atoms with Crippen molar-refractivity contribution in [2.45, 2.75) is 194 Å². The molecule has 2 atom stereocenters. The van der Waals surface area contributed by atoms with E-state index < -0.39 is 0 Å². The molecule has 0 aliphatic rings. The summed E-state index contributed by atoms with van der Waals surface area (Å²) in [4.78, 5) is 3.69. The van der Waals surface area contributed by atoms with Crippen molar-refractivity contribution in [2.24, 2.45) is 0 Å². The van der Waals surface area contributed by atoms with Crippen molar-refractivity contribution >= 4 is 0 Å². The average molecular weight is 490 g/mol. The van der Waals surface area contributed by atoms with Crippen LogP contribution in [0.15, 0.2) is 12.4 Å². The van der Waals surface area contributed by atoms with Crippen LogP contribution in [0.1, 0.15) is 200 Å². The Morgan fingerprint density at radius 1 is 0.543 bits per heavy atom. The van der Waals surface area contributed by atoms with E-state index in [1.54, 1.807) is 0 Å². The Hall–Kier alpha value is -0.790. The van der Waals surface area contributed by atoms with Gasteiger partial charge in [0, 0.05) is 0 Å². The summed E-state index contributed by atoms with van der Waals surface area (Å²) >= 11 is 0. The van der Waals surface area contributed by atoms with E-state index in [0.29, 0.717) is 12.0 Å². The number of nitrogens with zero attached hydrogens (tertiary/aromatic N) is 1. The molecule has 0 aliphatic carbocycles. The quantitative estimate of drug-likeness (QED) is 0.0985. The summed E-state index contributed by atoms with van der Waals surface area (Å²) in [7, 11) is 0. The van der Waals surface area contributed by atoms with Crippen molar-refractivity contribution < 1.29 is 4.57 Å². The zero-order valence-electron chi connectivity index (χ0n) is 24.7. The molecular formula is C33H65N2+. The van der Waals surface area contributed by atoms with Gasteiger partial charge >= 0.3 is 0 Å². The molecule has 0 aliphatic heterocycles. The summed E-state index contributed by atoms with van der Waals surface area (Å²) in [6.45, 7) is 9.35. The number of H-pyrrole nitrogens is 1. The minimum atomic E-state index is 0.620. The average Bonchev–Trinajstić information content (AvgIpc) is 3.36. The first-order valence-corrected chi connectivity index (χ1v) is 16.3. The molecule has 206 valence electrons. The standard InChI is InChI=1S/C33H64N2/c1-5-8-11-13-15-16-17-18-19-21-23-25-28-32(27-24-22-20-14-12-9-6-2)33-34-29-30-35(33)31(4)26-10-7-3/h29-32H,5-28H2,1-4H3/p+1. The van der Waals surface area contributed by atoms with Crippen LogP contribution in [0.5, 0.6) is 0 Å². The van der Waals surface area contributed by atoms with Gasteiger partial charge in [-0.1, -0.05) is 149 Å². The van der Waals surface area contributed by atoms with Crippen LogP contribution in [-0.4, -0.2) is 4.98 Å². The van der Waals surface area contributed by atoms with Gasteiger partial charge in [0.05, 0.1) is 12.0 Å². The van der Waals surface area contributed by atoms with Gasteiger partial charge in [0.1, 0.15) is 12.4 Å². The maximum absolute atomic E-state index is 3.69. The first kappa shape index (κ1) is 32.2. The van der Waals surface area contributed by atoms with Gasteiger partial charge in [0.25, 0.3) is 5.82 Å². The van der Waals surface area contributed by atoms with Gasteiger partial charge in [-0.3, -0.25) is 0 Å². The minimum absolute atomic E-state index is 0.620. The molecule has 0 fully saturated rings. The van der Waals surface area contributed by atoms with Crippen molar-refractivity contribution in [2.75, 3.05) is 0 Å². The second-order valence-electron chi connectivity index (χ2n) is 11.5. The summed E-state index contributed by atoms with van der Waals surface area (Å²) in [5, 5.41) is 0. The number of nitrogens with one attached hydrogen (secondary N) is 1. The van der Waals surface area contributed by atoms with Crippen LogP contribution in [0, 0.1) is 0 Å². The summed E-state index contributed by atoms with van der Waals surface area (Å²) in [5.41, 5.74) is 0. The SMILES string of the molecule is CCCCCCCCCCCCCCC(CCCCCCCCC)c1[nH]cc[n+]1C(C)CCCC. The van der Waals surface area contributed by atoms with Crippen LogP contribution in [0.4, 0.5) is 0 Å². The molecule has 1 heterocycles. The Bertz CT molecular complexity index is 549. The summed E-state index contributed by atoms with van der Waals surface area (Å²) < 4.78 is 2.59. The van der Waals surface area contributed by atoms with Crippen LogP contribution in [0.3, 0.4) is 0 Å². The van der Waals surface area contributed by atoms with Crippen LogP contribution >= 0.6 is 0 Å². The van der Waals surface area contributed by atoms with E-state index in [2.05, 4.69) is 49.6 Å². The van der Waals surface area contributed by atoms with Crippen LogP contribution in [-0.2, 0) is 0 Å². The molecule has 0 bridgehead atoms. The highest BCUT2D eigenvalue weighted by Crippen LogP contribution is 2.27. The zero-order valence-corrected chi connectivity index (χ0v) is 24.7. The predicted octanol–water partition coefficient (Wildman–Crippen LogP) is 11.4. The Labute approximate surface area is 221 Å². The first-order chi connectivity index (χ1) is 17.2. The third-order valence-electron chi connectivity index (χ3n) is 8.14. The third kappa shape index (κ3) is 16.6. The third-order valence-corrected chi connectivity index (χ3v) is 8.14. The second kappa shape index (κ2) is 23.6. The van der Waals surface area contributed by atoms with E-state index in [1.807, 2.05) is 0 Å². The van der Waals surface area contributed by atoms with Crippen molar-refractivity contribution in [3.8, 4) is 0 Å². The summed E-state index contributed by atoms with van der Waals surface area (Å²) in [6.07, 6.45) is 38.4. The molecular weight excluding hydrogens is 424 g/mol. The number of hydrogen-bond acceptors (Lipinski definition) is 0. The van der Waals surface area contributed by atoms with Crippen molar-refractivity contribution in [3.63, 3.8) is 0 Å². The Kier molecular flexibility index (Phi) is 21.7. The Balaban J connectivity index is 2.37. The molecule has 0 amide bonds. The van der Waals surface area contributed by atoms with Crippen LogP contribution in [0.2, 0.25) is 0 Å². The van der Waals surface area contributed by atoms with E-state index in [4.69, 9.17) is 0 Å². The Morgan fingerprint density at radius 2 is 0.943 bits per heavy atom. The lowest BCUT2D eigenvalue weighted by Gasteiger charge is -2.17. The van der Waals surface area contributed by atoms with E-state index in [0.717, 1.165) is 0 Å². The van der Waals surface area contributed by atoms with Crippen LogP contribution < -0.4 is 4.57 Å². The summed E-state index contributed by atoms with van der Waals surface area (Å²) in [5.74, 6) is 2.23. The molecule has 2 nitrogen and oxygen atoms in total. The van der Waals surface area contributed by atoms with Gasteiger partial charge in [0.15, 0.2) is 0 Å². The molecule has 2 unspecified atom stereocenters. The monoisotopic (exact) mass is 490 g/mol. The van der Waals surface area contributed by atoms with Crippen molar-refractivity contribution in [1.29, 1.82) is 0 Å². The number of aromatic amines is 1. The fourth-order valence-electron chi connectivity index (χ4n) is 5.71. The number of aromatic nitrogens is 2. The molecule has 0 aromatic carbocycles. The lowest BCUT2D eigenvalue weighted by molar-refractivity contribution is -0.727. The van der Waals surface area contributed by atoms with Gasteiger partial charge in [-0.25, -0.2) is 9.55 Å². The van der Waals surface area contributed by atoms with Crippen LogP contribution in [0.25, 0.3) is 0 Å². The Morgan fingerprint density at radius 3 is 1.37 bits per heavy atom. The van der Waals surface area contributed by atoms with Crippen molar-refractivity contribution in [3.05, 3.63) is 18.2 Å². The second-order valence-corrected chi connectivity index (χ2v) is 11.5. The number of unbranched alkanes of at least 4 members (excludes halogenated alkanes) is 18. The number of rotatable bonds is 26. The molecule has 0 saturated carbocycles. The van der Waals surface area contributed by atoms with Gasteiger partial charge < -0.3 is 0 Å². The molecule has 1 aromatic rings. The molecule has 0 spiro atoms. The van der Waals surface area contributed by atoms with E-state index in [9.17, 15) is 0 Å². The van der Waals surface area contributed by atoms with Crippen molar-refractivity contribution in [1.82, 2.24) is 4.98 Å². The molecule has 35 heavy (non-hydrogen) atoms. The van der Waals surface area contributed by atoms with Gasteiger partial charge in [0.2, 0.25) is 0 Å². The van der Waals surface area contributed by atoms with E-state index in [-0.39, 0.29) is 0 Å². The topological polar surface area (TPSA) is 19.7 Å². The molecule has 2 heteroatoms. The minimum Gasteiger partial charge on any atom is -0.247 e. The van der Waals surface area contributed by atoms with Gasteiger partial charge in [-0.2, -0.15) is 0 Å². The summed E-state index contributed by atoms with van der Waals surface area (Å²) in [6, 6.07) is 0.620. The number of imidazole rings is 1. The maximum atomic E-state index is 3.69. The van der Waals surface area contributed by atoms with E-state index >= 15 is 0 Å². The lowest BCUT2D eigenvalue weighted by Crippen LogP contribution is -2.41. The first-order valence-electron chi connectivity index (χ1n) is 16.3. The van der Waals surface area contributed by atoms with Gasteiger partial charge in [-0.15, -0.1) is 0 Å². The smallest absolute Gasteiger partial charge is 0.247 e. The highest BCUT2D eigenvalue weighted by molar-refractivity contribution is 4.90. The highest BCUT2D eigenvalue weighted by Gasteiger charge is 2.25. The largest absolute Gasteiger partial charge is 0.257 e.